The zero-order chi connectivity index (χ0) is 13.7. The maximum absolute atomic E-state index is 11.9. The number of benzene rings is 1. The van der Waals surface area contributed by atoms with E-state index in [9.17, 15) is 9.59 Å². The van der Waals surface area contributed by atoms with Crippen LogP contribution in [0.2, 0.25) is 5.02 Å². The van der Waals surface area contributed by atoms with Gasteiger partial charge >= 0.3 is 0 Å². The monoisotopic (exact) mass is 270 g/mol. The molecular weight excluding hydrogens is 256 g/mol. The van der Waals surface area contributed by atoms with Crippen LogP contribution in [0.15, 0.2) is 18.2 Å². The predicted molar refractivity (Wildman–Crippen MR) is 69.0 cm³/mol. The van der Waals surface area contributed by atoms with Gasteiger partial charge in [-0.3, -0.25) is 14.5 Å². The molecule has 0 fully saturated rings. The van der Waals surface area contributed by atoms with Gasteiger partial charge in [-0.05, 0) is 25.2 Å². The fourth-order valence-corrected chi connectivity index (χ4v) is 1.76. The van der Waals surface area contributed by atoms with Crippen molar-refractivity contribution < 1.29 is 14.3 Å². The van der Waals surface area contributed by atoms with Crippen LogP contribution in [0.3, 0.4) is 0 Å². The summed E-state index contributed by atoms with van der Waals surface area (Å²) in [4.78, 5) is 24.1. The van der Waals surface area contributed by atoms with Crippen LogP contribution in [-0.4, -0.2) is 43.8 Å². The van der Waals surface area contributed by atoms with E-state index in [1.807, 2.05) is 0 Å². The SMILES string of the molecule is COc1ccc(C(=O)CN(C)CC(N)=O)cc1Cl. The number of likely N-dealkylation sites (N-methyl/N-ethyl adjacent to an activating group) is 1. The molecule has 18 heavy (non-hydrogen) atoms. The maximum Gasteiger partial charge on any atom is 0.231 e. The molecular formula is C12H15ClN2O3. The van der Waals surface area contributed by atoms with Gasteiger partial charge in [0.25, 0.3) is 0 Å². The number of ketones is 1. The molecule has 0 unspecified atom stereocenters. The summed E-state index contributed by atoms with van der Waals surface area (Å²) < 4.78 is 5.00. The van der Waals surface area contributed by atoms with Crippen molar-refractivity contribution in [1.82, 2.24) is 4.90 Å². The Morgan fingerprint density at radius 2 is 2.06 bits per heavy atom. The van der Waals surface area contributed by atoms with E-state index in [0.717, 1.165) is 0 Å². The first kappa shape index (κ1) is 14.5. The molecule has 0 heterocycles. The largest absolute Gasteiger partial charge is 0.495 e. The first-order chi connectivity index (χ1) is 8.43. The lowest BCUT2D eigenvalue weighted by Gasteiger charge is -2.13. The first-order valence-corrected chi connectivity index (χ1v) is 5.65. The highest BCUT2D eigenvalue weighted by Gasteiger charge is 2.12. The summed E-state index contributed by atoms with van der Waals surface area (Å²) in [6.45, 7) is 0.140. The van der Waals surface area contributed by atoms with Crippen molar-refractivity contribution in [2.45, 2.75) is 0 Å². The highest BCUT2D eigenvalue weighted by atomic mass is 35.5. The number of Topliss-reactive ketones (excluding diaryl/α,β-unsaturated/α-hetero) is 1. The molecule has 2 N–H and O–H groups in total. The molecule has 6 heteroatoms. The molecule has 1 aromatic rings. The molecule has 1 aromatic carbocycles. The molecule has 98 valence electrons. The summed E-state index contributed by atoms with van der Waals surface area (Å²) in [5.74, 6) is -0.0972. The third-order valence-corrected chi connectivity index (χ3v) is 2.61. The average molecular weight is 271 g/mol. The number of nitrogens with two attached hydrogens (primary N) is 1. The van der Waals surface area contributed by atoms with Crippen molar-refractivity contribution in [2.75, 3.05) is 27.2 Å². The molecule has 0 radical (unpaired) electrons. The Balaban J connectivity index is 2.72. The number of ether oxygens (including phenoxy) is 1. The van der Waals surface area contributed by atoms with Gasteiger partial charge in [-0.15, -0.1) is 0 Å². The van der Waals surface area contributed by atoms with E-state index in [1.54, 1.807) is 30.1 Å². The Kier molecular flexibility index (Phi) is 5.12. The highest BCUT2D eigenvalue weighted by Crippen LogP contribution is 2.25. The molecule has 0 spiro atoms. The van der Waals surface area contributed by atoms with E-state index in [1.165, 1.54) is 7.11 Å². The number of nitrogens with zero attached hydrogens (tertiary/aromatic N) is 1. The number of rotatable bonds is 6. The number of halogens is 1. The van der Waals surface area contributed by atoms with E-state index < -0.39 is 5.91 Å². The maximum atomic E-state index is 11.9. The average Bonchev–Trinajstić information content (AvgIpc) is 2.27. The quantitative estimate of drug-likeness (QED) is 0.781. The number of amides is 1. The van der Waals surface area contributed by atoms with Crippen LogP contribution in [-0.2, 0) is 4.79 Å². The van der Waals surface area contributed by atoms with Crippen molar-refractivity contribution in [1.29, 1.82) is 0 Å². The smallest absolute Gasteiger partial charge is 0.231 e. The molecule has 0 atom stereocenters. The molecule has 0 aliphatic carbocycles. The minimum absolute atomic E-state index is 0.0373. The Morgan fingerprint density at radius 1 is 1.39 bits per heavy atom. The van der Waals surface area contributed by atoms with Crippen molar-refractivity contribution in [3.05, 3.63) is 28.8 Å². The molecule has 1 rings (SSSR count). The van der Waals surface area contributed by atoms with Crippen LogP contribution in [0.1, 0.15) is 10.4 Å². The summed E-state index contributed by atoms with van der Waals surface area (Å²) in [5, 5.41) is 0.376. The summed E-state index contributed by atoms with van der Waals surface area (Å²) in [6.07, 6.45) is 0. The van der Waals surface area contributed by atoms with Crippen LogP contribution in [0.25, 0.3) is 0 Å². The lowest BCUT2D eigenvalue weighted by molar-refractivity contribution is -0.118. The summed E-state index contributed by atoms with van der Waals surface area (Å²) in [6, 6.07) is 4.80. The van der Waals surface area contributed by atoms with Gasteiger partial charge in [0.2, 0.25) is 5.91 Å². The molecule has 1 amide bonds. The lowest BCUT2D eigenvalue weighted by atomic mass is 10.1. The van der Waals surface area contributed by atoms with E-state index in [0.29, 0.717) is 16.3 Å². The third kappa shape index (κ3) is 4.01. The standard InChI is InChI=1S/C12H15ClN2O3/c1-15(7-12(14)17)6-10(16)8-3-4-11(18-2)9(13)5-8/h3-5H,6-7H2,1-2H3,(H2,14,17). The molecule has 0 aliphatic heterocycles. The number of carbonyl (C=O) groups is 2. The molecule has 0 aromatic heterocycles. The first-order valence-electron chi connectivity index (χ1n) is 5.27. The fourth-order valence-electron chi connectivity index (χ4n) is 1.50. The molecule has 0 aliphatic rings. The van der Waals surface area contributed by atoms with Crippen LogP contribution >= 0.6 is 11.6 Å². The Hall–Kier alpha value is -1.59. The van der Waals surface area contributed by atoms with Crippen LogP contribution in [0.4, 0.5) is 0 Å². The second kappa shape index (κ2) is 6.37. The van der Waals surface area contributed by atoms with Crippen LogP contribution in [0, 0.1) is 0 Å². The van der Waals surface area contributed by atoms with Crippen LogP contribution in [0.5, 0.6) is 5.75 Å². The molecule has 0 bridgehead atoms. The van der Waals surface area contributed by atoms with Crippen molar-refractivity contribution in [3.63, 3.8) is 0 Å². The van der Waals surface area contributed by atoms with Gasteiger partial charge in [0.15, 0.2) is 5.78 Å². The van der Waals surface area contributed by atoms with E-state index >= 15 is 0 Å². The Morgan fingerprint density at radius 3 is 2.56 bits per heavy atom. The number of hydrogen-bond acceptors (Lipinski definition) is 4. The fraction of sp³-hybridized carbons (Fsp3) is 0.333. The van der Waals surface area contributed by atoms with Gasteiger partial charge in [0.1, 0.15) is 5.75 Å². The van der Waals surface area contributed by atoms with Gasteiger partial charge < -0.3 is 10.5 Å². The number of methoxy groups -OCH3 is 1. The van der Waals surface area contributed by atoms with Gasteiger partial charge in [-0.2, -0.15) is 0 Å². The normalized spacial score (nSPS) is 10.4. The number of hydrogen-bond donors (Lipinski definition) is 1. The summed E-state index contributed by atoms with van der Waals surface area (Å²) in [5.41, 5.74) is 5.51. The number of primary amides is 1. The zero-order valence-corrected chi connectivity index (χ0v) is 11.0. The van der Waals surface area contributed by atoms with Gasteiger partial charge in [0, 0.05) is 5.56 Å². The molecule has 0 saturated heterocycles. The Bertz CT molecular complexity index is 463. The zero-order valence-electron chi connectivity index (χ0n) is 10.3. The van der Waals surface area contributed by atoms with E-state index in [2.05, 4.69) is 0 Å². The van der Waals surface area contributed by atoms with Crippen molar-refractivity contribution >= 4 is 23.3 Å². The van der Waals surface area contributed by atoms with Crippen molar-refractivity contribution in [2.24, 2.45) is 5.73 Å². The predicted octanol–water partition coefficient (Wildman–Crippen LogP) is 0.948. The summed E-state index contributed by atoms with van der Waals surface area (Å²) >= 11 is 5.93. The van der Waals surface area contributed by atoms with Crippen molar-refractivity contribution in [3.8, 4) is 5.75 Å². The third-order valence-electron chi connectivity index (χ3n) is 2.31. The Labute approximate surface area is 110 Å². The molecule has 0 saturated carbocycles. The minimum atomic E-state index is -0.474. The second-order valence-electron chi connectivity index (χ2n) is 3.91. The summed E-state index contributed by atoms with van der Waals surface area (Å²) in [7, 11) is 3.15. The topological polar surface area (TPSA) is 72.6 Å². The van der Waals surface area contributed by atoms with E-state index in [-0.39, 0.29) is 18.9 Å². The van der Waals surface area contributed by atoms with Gasteiger partial charge in [-0.1, -0.05) is 11.6 Å². The van der Waals surface area contributed by atoms with Crippen LogP contribution < -0.4 is 10.5 Å². The number of carbonyl (C=O) groups excluding carboxylic acids is 2. The lowest BCUT2D eigenvalue weighted by Crippen LogP contribution is -2.34. The molecule has 5 nitrogen and oxygen atoms in total. The second-order valence-corrected chi connectivity index (χ2v) is 4.32. The van der Waals surface area contributed by atoms with Gasteiger partial charge in [-0.25, -0.2) is 0 Å². The van der Waals surface area contributed by atoms with Gasteiger partial charge in [0.05, 0.1) is 25.2 Å². The highest BCUT2D eigenvalue weighted by molar-refractivity contribution is 6.32. The minimum Gasteiger partial charge on any atom is -0.495 e. The van der Waals surface area contributed by atoms with E-state index in [4.69, 9.17) is 22.1 Å².